The molecule has 3 heterocycles. The van der Waals surface area contributed by atoms with Crippen molar-refractivity contribution in [3.63, 3.8) is 0 Å². The fourth-order valence-corrected chi connectivity index (χ4v) is 4.76. The first-order valence-electron chi connectivity index (χ1n) is 12.0. The first-order chi connectivity index (χ1) is 16.3. The predicted molar refractivity (Wildman–Crippen MR) is 126 cm³/mol. The number of aromatic amines is 1. The molecule has 1 aliphatic rings. The Morgan fingerprint density at radius 1 is 1.03 bits per heavy atom. The topological polar surface area (TPSA) is 98.1 Å². The van der Waals surface area contributed by atoms with Gasteiger partial charge in [-0.2, -0.15) is 5.10 Å². The van der Waals surface area contributed by atoms with Crippen LogP contribution >= 0.6 is 0 Å². The van der Waals surface area contributed by atoms with Gasteiger partial charge < -0.3 is 0 Å². The van der Waals surface area contributed by atoms with Crippen molar-refractivity contribution in [1.29, 1.82) is 0 Å². The largest absolute Gasteiger partial charge is 0.264 e. The molecule has 0 spiro atoms. The van der Waals surface area contributed by atoms with Crippen LogP contribution in [0.5, 0.6) is 0 Å². The average molecular weight is 443 g/mol. The Balaban J connectivity index is 1.34. The van der Waals surface area contributed by atoms with Crippen molar-refractivity contribution in [3.8, 4) is 22.5 Å². The van der Waals surface area contributed by atoms with Crippen molar-refractivity contribution < 1.29 is 0 Å². The number of nitrogens with zero attached hydrogens (tertiary/aromatic N) is 7. The van der Waals surface area contributed by atoms with E-state index >= 15 is 0 Å². The summed E-state index contributed by atoms with van der Waals surface area (Å²) in [5.41, 5.74) is 4.20. The summed E-state index contributed by atoms with van der Waals surface area (Å²) in [6, 6.07) is 10.5. The molecule has 4 aromatic rings. The molecule has 0 aliphatic heterocycles. The lowest BCUT2D eigenvalue weighted by atomic mass is 9.87. The van der Waals surface area contributed by atoms with Crippen LogP contribution in [-0.4, -0.2) is 40.4 Å². The minimum atomic E-state index is 0.633. The first kappa shape index (κ1) is 21.4. The van der Waals surface area contributed by atoms with E-state index in [4.69, 9.17) is 10.1 Å². The summed E-state index contributed by atoms with van der Waals surface area (Å²) in [5.74, 6) is 3.49. The van der Waals surface area contributed by atoms with Gasteiger partial charge in [0.15, 0.2) is 11.6 Å². The molecule has 1 fully saturated rings. The molecule has 8 heteroatoms. The van der Waals surface area contributed by atoms with Gasteiger partial charge in [-0.3, -0.25) is 4.98 Å². The normalized spacial score (nSPS) is 14.6. The lowest BCUT2D eigenvalue weighted by molar-refractivity contribution is 0.351. The van der Waals surface area contributed by atoms with Gasteiger partial charge in [0.2, 0.25) is 0 Å². The molecule has 5 rings (SSSR count). The van der Waals surface area contributed by atoms with E-state index in [0.29, 0.717) is 5.82 Å². The van der Waals surface area contributed by atoms with E-state index in [1.807, 2.05) is 12.3 Å². The SMILES string of the molecule is CCCc1nc(CC2CCCCC2)nn1Cc1ccc(-c2cnccc2-c2nnn[nH]2)cc1. The van der Waals surface area contributed by atoms with Crippen molar-refractivity contribution in [3.05, 3.63) is 59.9 Å². The standard InChI is InChI=1S/C25H30N8/c1-2-6-24-27-23(15-18-7-4-3-5-8-18)30-33(24)17-19-9-11-20(12-10-19)22-16-26-14-13-21(22)25-28-31-32-29-25/h9-14,16,18H,2-8,15,17H2,1H3,(H,28,29,31,32). The zero-order valence-electron chi connectivity index (χ0n) is 19.1. The van der Waals surface area contributed by atoms with Crippen molar-refractivity contribution >= 4 is 0 Å². The highest BCUT2D eigenvalue weighted by Gasteiger charge is 2.18. The molecule has 1 saturated carbocycles. The Morgan fingerprint density at radius 3 is 2.64 bits per heavy atom. The number of aromatic nitrogens is 8. The molecule has 0 atom stereocenters. The van der Waals surface area contributed by atoms with Gasteiger partial charge in [0.05, 0.1) is 6.54 Å². The number of aryl methyl sites for hydroxylation is 1. The molecule has 170 valence electrons. The second-order valence-corrected chi connectivity index (χ2v) is 8.93. The summed E-state index contributed by atoms with van der Waals surface area (Å²) in [6.45, 7) is 2.93. The third-order valence-electron chi connectivity index (χ3n) is 6.48. The van der Waals surface area contributed by atoms with Crippen LogP contribution < -0.4 is 0 Å². The lowest BCUT2D eigenvalue weighted by Gasteiger charge is -2.19. The third kappa shape index (κ3) is 4.99. The van der Waals surface area contributed by atoms with E-state index in [2.05, 4.69) is 61.5 Å². The highest BCUT2D eigenvalue weighted by atomic mass is 15.5. The number of H-pyrrole nitrogens is 1. The fourth-order valence-electron chi connectivity index (χ4n) is 4.76. The van der Waals surface area contributed by atoms with Gasteiger partial charge in [-0.25, -0.2) is 14.8 Å². The molecule has 33 heavy (non-hydrogen) atoms. The average Bonchev–Trinajstić information content (AvgIpc) is 3.51. The maximum absolute atomic E-state index is 4.92. The highest BCUT2D eigenvalue weighted by molar-refractivity contribution is 5.79. The number of tetrazole rings is 1. The molecular formula is C25H30N8. The van der Waals surface area contributed by atoms with E-state index in [1.54, 1.807) is 6.20 Å². The zero-order chi connectivity index (χ0) is 22.5. The van der Waals surface area contributed by atoms with Crippen molar-refractivity contribution in [2.24, 2.45) is 5.92 Å². The van der Waals surface area contributed by atoms with Gasteiger partial charge in [-0.05, 0) is 40.0 Å². The minimum Gasteiger partial charge on any atom is -0.264 e. The predicted octanol–water partition coefficient (Wildman–Crippen LogP) is 4.64. The molecule has 0 radical (unpaired) electrons. The second-order valence-electron chi connectivity index (χ2n) is 8.93. The highest BCUT2D eigenvalue weighted by Crippen LogP contribution is 2.29. The molecule has 0 unspecified atom stereocenters. The first-order valence-corrected chi connectivity index (χ1v) is 12.0. The summed E-state index contributed by atoms with van der Waals surface area (Å²) in [7, 11) is 0. The van der Waals surface area contributed by atoms with Crippen molar-refractivity contribution in [2.75, 3.05) is 0 Å². The molecular weight excluding hydrogens is 412 g/mol. The number of hydrogen-bond acceptors (Lipinski definition) is 6. The van der Waals surface area contributed by atoms with Crippen LogP contribution in [0.3, 0.4) is 0 Å². The number of pyridine rings is 1. The Bertz CT molecular complexity index is 1160. The van der Waals surface area contributed by atoms with E-state index in [-0.39, 0.29) is 0 Å². The Labute approximate surface area is 193 Å². The van der Waals surface area contributed by atoms with Crippen LogP contribution in [0.1, 0.15) is 62.7 Å². The van der Waals surface area contributed by atoms with Gasteiger partial charge >= 0.3 is 0 Å². The molecule has 3 aromatic heterocycles. The zero-order valence-corrected chi connectivity index (χ0v) is 19.1. The van der Waals surface area contributed by atoms with Crippen LogP contribution in [0.15, 0.2) is 42.7 Å². The molecule has 0 amide bonds. The van der Waals surface area contributed by atoms with Crippen LogP contribution in [0, 0.1) is 5.92 Å². The number of benzene rings is 1. The van der Waals surface area contributed by atoms with Gasteiger partial charge in [0.1, 0.15) is 5.82 Å². The maximum atomic E-state index is 4.92. The summed E-state index contributed by atoms with van der Waals surface area (Å²) >= 11 is 0. The molecule has 0 bridgehead atoms. The number of hydrogen-bond donors (Lipinski definition) is 1. The lowest BCUT2D eigenvalue weighted by Crippen LogP contribution is -2.11. The van der Waals surface area contributed by atoms with Crippen LogP contribution in [0.4, 0.5) is 0 Å². The van der Waals surface area contributed by atoms with Crippen molar-refractivity contribution in [2.45, 2.75) is 64.8 Å². The Morgan fingerprint density at radius 2 is 1.88 bits per heavy atom. The number of nitrogens with one attached hydrogen (secondary N) is 1. The summed E-state index contributed by atoms with van der Waals surface area (Å²) in [5, 5.41) is 19.2. The minimum absolute atomic E-state index is 0.633. The van der Waals surface area contributed by atoms with E-state index in [1.165, 1.54) is 37.7 Å². The van der Waals surface area contributed by atoms with Crippen LogP contribution in [-0.2, 0) is 19.4 Å². The third-order valence-corrected chi connectivity index (χ3v) is 6.48. The number of rotatable bonds is 8. The van der Waals surface area contributed by atoms with E-state index < -0.39 is 0 Å². The Hall–Kier alpha value is -3.42. The molecule has 8 nitrogen and oxygen atoms in total. The van der Waals surface area contributed by atoms with Crippen LogP contribution in [0.2, 0.25) is 0 Å². The molecule has 1 aromatic carbocycles. The summed E-state index contributed by atoms with van der Waals surface area (Å²) in [6.07, 6.45) is 13.4. The van der Waals surface area contributed by atoms with Gasteiger partial charge in [-0.15, -0.1) is 5.10 Å². The smallest absolute Gasteiger partial charge is 0.180 e. The van der Waals surface area contributed by atoms with Crippen LogP contribution in [0.25, 0.3) is 22.5 Å². The molecule has 0 saturated heterocycles. The monoisotopic (exact) mass is 442 g/mol. The van der Waals surface area contributed by atoms with Gasteiger partial charge in [0.25, 0.3) is 0 Å². The Kier molecular flexibility index (Phi) is 6.51. The van der Waals surface area contributed by atoms with Gasteiger partial charge in [0, 0.05) is 36.4 Å². The van der Waals surface area contributed by atoms with E-state index in [9.17, 15) is 0 Å². The van der Waals surface area contributed by atoms with Gasteiger partial charge in [-0.1, -0.05) is 63.3 Å². The van der Waals surface area contributed by atoms with Crippen molar-refractivity contribution in [1.82, 2.24) is 40.4 Å². The van der Waals surface area contributed by atoms with E-state index in [0.717, 1.165) is 60.1 Å². The molecule has 1 aliphatic carbocycles. The maximum Gasteiger partial charge on any atom is 0.180 e. The quantitative estimate of drug-likeness (QED) is 0.427. The second kappa shape index (κ2) is 10.0. The fraction of sp³-hybridized carbons (Fsp3) is 0.440. The molecule has 1 N–H and O–H groups in total. The summed E-state index contributed by atoms with van der Waals surface area (Å²) < 4.78 is 2.10. The summed E-state index contributed by atoms with van der Waals surface area (Å²) in [4.78, 5) is 9.22.